The van der Waals surface area contributed by atoms with Crippen molar-refractivity contribution in [3.63, 3.8) is 0 Å². The summed E-state index contributed by atoms with van der Waals surface area (Å²) in [6, 6.07) is 8.20. The Kier molecular flexibility index (Phi) is 6.14. The van der Waals surface area contributed by atoms with Gasteiger partial charge in [-0.05, 0) is 54.4 Å². The van der Waals surface area contributed by atoms with Crippen LogP contribution in [-0.4, -0.2) is 36.6 Å². The average Bonchev–Trinajstić information content (AvgIpc) is 3.44. The summed E-state index contributed by atoms with van der Waals surface area (Å²) in [5, 5.41) is 2.84. The Morgan fingerprint density at radius 2 is 1.96 bits per heavy atom. The molecule has 2 aliphatic rings. The SMILES string of the molecule is NC(CNC(=O)COc1ccc(C2SCCCS2)cc1)C1CC1. The molecule has 1 saturated heterocycles. The average molecular weight is 353 g/mol. The molecule has 3 rings (SSSR count). The molecule has 4 nitrogen and oxygen atoms in total. The Morgan fingerprint density at radius 1 is 1.26 bits per heavy atom. The summed E-state index contributed by atoms with van der Waals surface area (Å²) in [7, 11) is 0. The molecule has 1 amide bonds. The van der Waals surface area contributed by atoms with E-state index in [1.165, 1.54) is 36.3 Å². The standard InChI is InChI=1S/C17H24N2O2S2/c18-15(12-2-3-12)10-19-16(20)11-21-14-6-4-13(5-7-14)17-22-8-1-9-23-17/h4-7,12,15,17H,1-3,8-11,18H2,(H,19,20). The lowest BCUT2D eigenvalue weighted by Gasteiger charge is -2.21. The van der Waals surface area contributed by atoms with Crippen LogP contribution in [0.5, 0.6) is 5.75 Å². The van der Waals surface area contributed by atoms with Crippen molar-refractivity contribution in [2.45, 2.75) is 29.9 Å². The molecule has 1 aliphatic heterocycles. The Labute approximate surface area is 146 Å². The third-order valence-electron chi connectivity index (χ3n) is 4.11. The first kappa shape index (κ1) is 17.0. The number of nitrogens with one attached hydrogen (secondary N) is 1. The minimum atomic E-state index is -0.108. The number of thioether (sulfide) groups is 2. The molecule has 126 valence electrons. The predicted molar refractivity (Wildman–Crippen MR) is 97.9 cm³/mol. The summed E-state index contributed by atoms with van der Waals surface area (Å²) in [6.07, 6.45) is 3.68. The van der Waals surface area contributed by atoms with Crippen molar-refractivity contribution in [3.8, 4) is 5.75 Å². The number of hydrogen-bond acceptors (Lipinski definition) is 5. The largest absolute Gasteiger partial charge is 0.484 e. The minimum absolute atomic E-state index is 0.0453. The summed E-state index contributed by atoms with van der Waals surface area (Å²) < 4.78 is 6.08. The van der Waals surface area contributed by atoms with Gasteiger partial charge in [0.05, 0.1) is 4.58 Å². The molecule has 6 heteroatoms. The van der Waals surface area contributed by atoms with Gasteiger partial charge in [-0.15, -0.1) is 23.5 Å². The Hall–Kier alpha value is -0.850. The van der Waals surface area contributed by atoms with Crippen molar-refractivity contribution in [3.05, 3.63) is 29.8 Å². The van der Waals surface area contributed by atoms with Gasteiger partial charge in [-0.25, -0.2) is 0 Å². The van der Waals surface area contributed by atoms with Crippen LogP contribution in [0.1, 0.15) is 29.4 Å². The van der Waals surface area contributed by atoms with Gasteiger partial charge >= 0.3 is 0 Å². The molecule has 0 bridgehead atoms. The third-order valence-corrected chi connectivity index (χ3v) is 7.13. The first-order valence-electron chi connectivity index (χ1n) is 8.20. The van der Waals surface area contributed by atoms with Crippen molar-refractivity contribution < 1.29 is 9.53 Å². The van der Waals surface area contributed by atoms with Crippen LogP contribution in [-0.2, 0) is 4.79 Å². The summed E-state index contributed by atoms with van der Waals surface area (Å²) in [5.41, 5.74) is 7.29. The minimum Gasteiger partial charge on any atom is -0.484 e. The number of ether oxygens (including phenoxy) is 1. The fraction of sp³-hybridized carbons (Fsp3) is 0.588. The van der Waals surface area contributed by atoms with E-state index < -0.39 is 0 Å². The molecular formula is C17H24N2O2S2. The Morgan fingerprint density at radius 3 is 2.61 bits per heavy atom. The van der Waals surface area contributed by atoms with Gasteiger partial charge in [0.15, 0.2) is 6.61 Å². The van der Waals surface area contributed by atoms with Crippen LogP contribution in [0, 0.1) is 5.92 Å². The van der Waals surface area contributed by atoms with E-state index in [0.717, 1.165) is 5.75 Å². The van der Waals surface area contributed by atoms with Gasteiger partial charge < -0.3 is 15.8 Å². The molecule has 1 heterocycles. The lowest BCUT2D eigenvalue weighted by atomic mass is 10.2. The van der Waals surface area contributed by atoms with E-state index in [2.05, 4.69) is 17.4 Å². The molecule has 1 aromatic carbocycles. The number of carbonyl (C=O) groups excluding carboxylic acids is 1. The maximum Gasteiger partial charge on any atom is 0.257 e. The van der Waals surface area contributed by atoms with Crippen LogP contribution >= 0.6 is 23.5 Å². The van der Waals surface area contributed by atoms with Gasteiger partial charge in [-0.2, -0.15) is 0 Å². The quantitative estimate of drug-likeness (QED) is 0.790. The van der Waals surface area contributed by atoms with Crippen molar-refractivity contribution >= 4 is 29.4 Å². The van der Waals surface area contributed by atoms with Crippen molar-refractivity contribution in [1.82, 2.24) is 5.32 Å². The zero-order valence-corrected chi connectivity index (χ0v) is 14.8. The van der Waals surface area contributed by atoms with Crippen LogP contribution in [0.2, 0.25) is 0 Å². The van der Waals surface area contributed by atoms with Gasteiger partial charge in [-0.3, -0.25) is 4.79 Å². The van der Waals surface area contributed by atoms with Crippen LogP contribution in [0.3, 0.4) is 0 Å². The molecule has 1 unspecified atom stereocenters. The van der Waals surface area contributed by atoms with E-state index in [0.29, 0.717) is 17.0 Å². The molecule has 1 aromatic rings. The van der Waals surface area contributed by atoms with Crippen LogP contribution in [0.4, 0.5) is 0 Å². The van der Waals surface area contributed by atoms with Gasteiger partial charge in [0.2, 0.25) is 0 Å². The van der Waals surface area contributed by atoms with Crippen LogP contribution in [0.15, 0.2) is 24.3 Å². The Bertz CT molecular complexity index is 514. The second kappa shape index (κ2) is 8.31. The highest BCUT2D eigenvalue weighted by Crippen LogP contribution is 2.43. The number of benzene rings is 1. The van der Waals surface area contributed by atoms with Gasteiger partial charge in [0.1, 0.15) is 5.75 Å². The zero-order chi connectivity index (χ0) is 16.1. The fourth-order valence-corrected chi connectivity index (χ4v) is 5.42. The van der Waals surface area contributed by atoms with Crippen molar-refractivity contribution in [2.24, 2.45) is 11.7 Å². The highest BCUT2D eigenvalue weighted by atomic mass is 32.2. The molecule has 2 fully saturated rings. The molecule has 1 saturated carbocycles. The summed E-state index contributed by atoms with van der Waals surface area (Å²) in [6.45, 7) is 0.589. The normalized spacial score (nSPS) is 20.0. The first-order chi connectivity index (χ1) is 11.2. The maximum atomic E-state index is 11.8. The first-order valence-corrected chi connectivity index (χ1v) is 10.3. The molecule has 1 aliphatic carbocycles. The predicted octanol–water partition coefficient (Wildman–Crippen LogP) is 2.79. The number of carbonyl (C=O) groups is 1. The molecule has 0 aromatic heterocycles. The lowest BCUT2D eigenvalue weighted by molar-refractivity contribution is -0.123. The van der Waals surface area contributed by atoms with Gasteiger partial charge in [-0.1, -0.05) is 12.1 Å². The zero-order valence-electron chi connectivity index (χ0n) is 13.2. The molecule has 23 heavy (non-hydrogen) atoms. The second-order valence-corrected chi connectivity index (χ2v) is 8.81. The van der Waals surface area contributed by atoms with Crippen molar-refractivity contribution in [2.75, 3.05) is 24.7 Å². The molecular weight excluding hydrogens is 328 g/mol. The van der Waals surface area contributed by atoms with E-state index in [9.17, 15) is 4.79 Å². The summed E-state index contributed by atoms with van der Waals surface area (Å²) in [4.78, 5) is 11.8. The number of nitrogens with two attached hydrogens (primary N) is 1. The molecule has 1 atom stereocenters. The second-order valence-electron chi connectivity index (χ2n) is 6.09. The fourth-order valence-electron chi connectivity index (χ4n) is 2.52. The van der Waals surface area contributed by atoms with E-state index in [4.69, 9.17) is 10.5 Å². The number of rotatable bonds is 7. The van der Waals surface area contributed by atoms with Gasteiger partial charge in [0, 0.05) is 12.6 Å². The molecule has 0 spiro atoms. The van der Waals surface area contributed by atoms with Crippen LogP contribution < -0.4 is 15.8 Å². The summed E-state index contributed by atoms with van der Waals surface area (Å²) in [5.74, 6) is 3.70. The summed E-state index contributed by atoms with van der Waals surface area (Å²) >= 11 is 4.01. The molecule has 3 N–H and O–H groups in total. The molecule has 0 radical (unpaired) electrons. The number of hydrogen-bond donors (Lipinski definition) is 2. The van der Waals surface area contributed by atoms with Crippen molar-refractivity contribution in [1.29, 1.82) is 0 Å². The van der Waals surface area contributed by atoms with Gasteiger partial charge in [0.25, 0.3) is 5.91 Å². The monoisotopic (exact) mass is 352 g/mol. The van der Waals surface area contributed by atoms with E-state index in [1.54, 1.807) is 0 Å². The van der Waals surface area contributed by atoms with E-state index in [-0.39, 0.29) is 18.6 Å². The topological polar surface area (TPSA) is 64.3 Å². The maximum absolute atomic E-state index is 11.8. The number of amides is 1. The van der Waals surface area contributed by atoms with E-state index in [1.807, 2.05) is 35.7 Å². The van der Waals surface area contributed by atoms with Crippen LogP contribution in [0.25, 0.3) is 0 Å². The smallest absolute Gasteiger partial charge is 0.257 e. The van der Waals surface area contributed by atoms with E-state index >= 15 is 0 Å². The highest BCUT2D eigenvalue weighted by Gasteiger charge is 2.28. The third kappa shape index (κ3) is 5.33. The Balaban J connectivity index is 1.40. The highest BCUT2D eigenvalue weighted by molar-refractivity contribution is 8.16. The lowest BCUT2D eigenvalue weighted by Crippen LogP contribution is -2.40.